The molecule has 5 nitrogen and oxygen atoms in total. The van der Waals surface area contributed by atoms with Crippen LogP contribution in [0.1, 0.15) is 41.6 Å². The number of para-hydroxylation sites is 1. The first-order valence-electron chi connectivity index (χ1n) is 9.46. The average Bonchev–Trinajstić information content (AvgIpc) is 3.40. The molecule has 1 aromatic heterocycles. The zero-order valence-electron chi connectivity index (χ0n) is 15.7. The van der Waals surface area contributed by atoms with Gasteiger partial charge >= 0.3 is 0 Å². The van der Waals surface area contributed by atoms with Crippen LogP contribution in [-0.2, 0) is 0 Å². The van der Waals surface area contributed by atoms with Crippen molar-refractivity contribution in [1.29, 1.82) is 0 Å². The summed E-state index contributed by atoms with van der Waals surface area (Å²) in [5, 5.41) is 19.4. The van der Waals surface area contributed by atoms with Gasteiger partial charge in [-0.1, -0.05) is 24.3 Å². The molecule has 7 heteroatoms. The number of aromatic hydroxyl groups is 1. The maximum absolute atomic E-state index is 10.3. The van der Waals surface area contributed by atoms with E-state index in [-0.39, 0.29) is 11.8 Å². The third-order valence-electron chi connectivity index (χ3n) is 5.14. The van der Waals surface area contributed by atoms with Crippen molar-refractivity contribution in [1.82, 2.24) is 5.01 Å². The third-order valence-corrected chi connectivity index (χ3v) is 6.66. The van der Waals surface area contributed by atoms with Crippen molar-refractivity contribution in [2.75, 3.05) is 6.61 Å². The fourth-order valence-electron chi connectivity index (χ4n) is 3.85. The van der Waals surface area contributed by atoms with Gasteiger partial charge in [0.2, 0.25) is 6.23 Å². The van der Waals surface area contributed by atoms with Gasteiger partial charge in [-0.15, -0.1) is 11.3 Å². The molecule has 0 saturated carbocycles. The lowest BCUT2D eigenvalue weighted by Crippen LogP contribution is -2.33. The van der Waals surface area contributed by atoms with E-state index in [2.05, 4.69) is 33.4 Å². The number of hydrazone groups is 1. The predicted molar refractivity (Wildman–Crippen MR) is 117 cm³/mol. The molecule has 148 valence electrons. The standard InChI is InChI=1S/C22H19BrN2O3S/c1-2-27-19-11-13(10-15(23)21(19)26)22-25-17(14-6-3-4-7-18(14)28-22)12-16(24-25)20-8-5-9-29-20/h3-11,17,22,26H,2,12H2,1H3/t17-,22+/m0/s1. The predicted octanol–water partition coefficient (Wildman–Crippen LogP) is 5.86. The number of thiophene rings is 1. The van der Waals surface area contributed by atoms with Crippen LogP contribution in [0.2, 0.25) is 0 Å². The molecular weight excluding hydrogens is 452 g/mol. The molecule has 5 rings (SSSR count). The Morgan fingerprint density at radius 2 is 2.14 bits per heavy atom. The van der Waals surface area contributed by atoms with E-state index in [4.69, 9.17) is 14.6 Å². The summed E-state index contributed by atoms with van der Waals surface area (Å²) >= 11 is 5.14. The molecule has 2 aromatic carbocycles. The largest absolute Gasteiger partial charge is 0.503 e. The summed E-state index contributed by atoms with van der Waals surface area (Å²) in [5.74, 6) is 1.38. The first-order chi connectivity index (χ1) is 14.2. The molecule has 2 atom stereocenters. The monoisotopic (exact) mass is 470 g/mol. The van der Waals surface area contributed by atoms with Gasteiger partial charge in [-0.05, 0) is 52.5 Å². The number of phenolic OH excluding ortho intramolecular Hbond substituents is 1. The van der Waals surface area contributed by atoms with Crippen LogP contribution >= 0.6 is 27.3 Å². The Morgan fingerprint density at radius 1 is 1.28 bits per heavy atom. The van der Waals surface area contributed by atoms with Crippen molar-refractivity contribution in [3.8, 4) is 17.2 Å². The van der Waals surface area contributed by atoms with E-state index in [1.807, 2.05) is 48.3 Å². The number of rotatable bonds is 4. The Bertz CT molecular complexity index is 1080. The van der Waals surface area contributed by atoms with E-state index in [9.17, 15) is 5.11 Å². The van der Waals surface area contributed by atoms with Gasteiger partial charge in [-0.3, -0.25) is 0 Å². The molecule has 0 spiro atoms. The molecule has 0 amide bonds. The van der Waals surface area contributed by atoms with Crippen LogP contribution in [0.25, 0.3) is 0 Å². The second-order valence-corrected chi connectivity index (χ2v) is 8.72. The first-order valence-corrected chi connectivity index (χ1v) is 11.1. The van der Waals surface area contributed by atoms with Crippen LogP contribution < -0.4 is 9.47 Å². The number of ether oxygens (including phenoxy) is 2. The van der Waals surface area contributed by atoms with Crippen molar-refractivity contribution in [2.24, 2.45) is 5.10 Å². The lowest BCUT2D eigenvalue weighted by molar-refractivity contribution is -0.0192. The molecule has 3 aromatic rings. The van der Waals surface area contributed by atoms with E-state index in [0.29, 0.717) is 16.8 Å². The maximum Gasteiger partial charge on any atom is 0.214 e. The summed E-state index contributed by atoms with van der Waals surface area (Å²) < 4.78 is 12.6. The summed E-state index contributed by atoms with van der Waals surface area (Å²) in [7, 11) is 0. The molecule has 2 aliphatic heterocycles. The number of phenols is 1. The molecule has 2 aliphatic rings. The van der Waals surface area contributed by atoms with Crippen molar-refractivity contribution in [2.45, 2.75) is 25.6 Å². The van der Waals surface area contributed by atoms with Crippen LogP contribution in [0, 0.1) is 0 Å². The Labute approximate surface area is 181 Å². The molecule has 3 heterocycles. The minimum atomic E-state index is -0.413. The smallest absolute Gasteiger partial charge is 0.214 e. The van der Waals surface area contributed by atoms with E-state index < -0.39 is 6.23 Å². The summed E-state index contributed by atoms with van der Waals surface area (Å²) in [6, 6.07) is 16.1. The summed E-state index contributed by atoms with van der Waals surface area (Å²) in [4.78, 5) is 1.18. The van der Waals surface area contributed by atoms with Crippen LogP contribution in [0.15, 0.2) is 63.5 Å². The first kappa shape index (κ1) is 18.5. The van der Waals surface area contributed by atoms with Crippen LogP contribution in [0.4, 0.5) is 0 Å². The molecule has 0 saturated heterocycles. The van der Waals surface area contributed by atoms with E-state index >= 15 is 0 Å². The number of hydrogen-bond acceptors (Lipinski definition) is 6. The van der Waals surface area contributed by atoms with E-state index in [0.717, 1.165) is 29.0 Å². The zero-order valence-corrected chi connectivity index (χ0v) is 18.1. The maximum atomic E-state index is 10.3. The Morgan fingerprint density at radius 3 is 2.93 bits per heavy atom. The molecule has 0 aliphatic carbocycles. The summed E-state index contributed by atoms with van der Waals surface area (Å²) in [6.07, 6.45) is 0.415. The lowest BCUT2D eigenvalue weighted by atomic mass is 9.97. The van der Waals surface area contributed by atoms with Crippen molar-refractivity contribution >= 4 is 33.0 Å². The van der Waals surface area contributed by atoms with Crippen molar-refractivity contribution in [3.63, 3.8) is 0 Å². The third kappa shape index (κ3) is 3.18. The highest BCUT2D eigenvalue weighted by atomic mass is 79.9. The Kier molecular flexibility index (Phi) is 4.72. The molecule has 29 heavy (non-hydrogen) atoms. The molecule has 1 N–H and O–H groups in total. The van der Waals surface area contributed by atoms with E-state index in [1.54, 1.807) is 11.3 Å². The van der Waals surface area contributed by atoms with Crippen LogP contribution in [0.5, 0.6) is 17.2 Å². The SMILES string of the molecule is CCOc1cc([C@H]2Oc3ccccc3[C@@H]3CC(c4cccs4)=NN23)cc(Br)c1O. The molecule has 0 radical (unpaired) electrons. The van der Waals surface area contributed by atoms with Gasteiger partial charge in [-0.25, -0.2) is 5.01 Å². The fraction of sp³-hybridized carbons (Fsp3) is 0.227. The molecular formula is C22H19BrN2O3S. The topological polar surface area (TPSA) is 54.3 Å². The normalized spacial score (nSPS) is 19.9. The van der Waals surface area contributed by atoms with Gasteiger partial charge < -0.3 is 14.6 Å². The van der Waals surface area contributed by atoms with Gasteiger partial charge in [0.1, 0.15) is 5.75 Å². The second kappa shape index (κ2) is 7.39. The fourth-order valence-corrected chi connectivity index (χ4v) is 5.03. The molecule has 0 unspecified atom stereocenters. The highest BCUT2D eigenvalue weighted by Gasteiger charge is 2.41. The van der Waals surface area contributed by atoms with Gasteiger partial charge in [0.15, 0.2) is 11.5 Å². The van der Waals surface area contributed by atoms with Crippen molar-refractivity contribution in [3.05, 3.63) is 74.4 Å². The zero-order chi connectivity index (χ0) is 20.0. The van der Waals surface area contributed by atoms with Crippen LogP contribution in [0.3, 0.4) is 0 Å². The van der Waals surface area contributed by atoms with Gasteiger partial charge in [0.05, 0.1) is 27.7 Å². The molecule has 0 fully saturated rings. The minimum Gasteiger partial charge on any atom is -0.503 e. The number of fused-ring (bicyclic) bond motifs is 3. The molecule has 0 bridgehead atoms. The number of nitrogens with zero attached hydrogens (tertiary/aromatic N) is 2. The van der Waals surface area contributed by atoms with Crippen LogP contribution in [-0.4, -0.2) is 22.4 Å². The highest BCUT2D eigenvalue weighted by molar-refractivity contribution is 9.10. The van der Waals surface area contributed by atoms with Gasteiger partial charge in [0.25, 0.3) is 0 Å². The Balaban J connectivity index is 1.61. The number of benzene rings is 2. The highest BCUT2D eigenvalue weighted by Crippen LogP contribution is 2.49. The summed E-state index contributed by atoms with van der Waals surface area (Å²) in [6.45, 7) is 2.35. The average molecular weight is 471 g/mol. The second-order valence-electron chi connectivity index (χ2n) is 6.91. The quantitative estimate of drug-likeness (QED) is 0.518. The minimum absolute atomic E-state index is 0.0903. The van der Waals surface area contributed by atoms with Gasteiger partial charge in [0, 0.05) is 17.5 Å². The van der Waals surface area contributed by atoms with Crippen molar-refractivity contribution < 1.29 is 14.6 Å². The Hall–Kier alpha value is -2.51. The lowest BCUT2D eigenvalue weighted by Gasteiger charge is -2.38. The van der Waals surface area contributed by atoms with E-state index in [1.165, 1.54) is 4.88 Å². The van der Waals surface area contributed by atoms with Gasteiger partial charge in [-0.2, -0.15) is 5.10 Å². The number of hydrogen-bond donors (Lipinski definition) is 1. The number of halogens is 1. The summed E-state index contributed by atoms with van der Waals surface area (Å²) in [5.41, 5.74) is 3.08.